The van der Waals surface area contributed by atoms with Gasteiger partial charge in [0.1, 0.15) is 0 Å². The van der Waals surface area contributed by atoms with Gasteiger partial charge in [0.25, 0.3) is 0 Å². The Morgan fingerprint density at radius 1 is 1.13 bits per heavy atom. The highest BCUT2D eigenvalue weighted by Crippen LogP contribution is 2.24. The van der Waals surface area contributed by atoms with E-state index in [-0.39, 0.29) is 6.03 Å². The summed E-state index contributed by atoms with van der Waals surface area (Å²) in [6.07, 6.45) is 1.08. The van der Waals surface area contributed by atoms with Gasteiger partial charge < -0.3 is 15.5 Å². The summed E-state index contributed by atoms with van der Waals surface area (Å²) in [5, 5.41) is 6.55. The smallest absolute Gasteiger partial charge is 0.319 e. The highest BCUT2D eigenvalue weighted by atomic mass is 35.5. The lowest BCUT2D eigenvalue weighted by molar-refractivity contribution is 0.250. The molecule has 0 saturated carbocycles. The molecule has 2 N–H and O–H groups in total. The molecule has 120 valence electrons. The lowest BCUT2D eigenvalue weighted by atomic mass is 10.1. The van der Waals surface area contributed by atoms with Crippen LogP contribution in [0.15, 0.2) is 54.6 Å². The van der Waals surface area contributed by atoms with Crippen LogP contribution in [0.2, 0.25) is 5.02 Å². The van der Waals surface area contributed by atoms with Crippen molar-refractivity contribution in [1.82, 2.24) is 5.32 Å². The number of nitrogens with zero attached hydrogens (tertiary/aromatic N) is 1. The molecule has 1 atom stereocenters. The zero-order valence-corrected chi connectivity index (χ0v) is 13.6. The van der Waals surface area contributed by atoms with Gasteiger partial charge in [-0.15, -0.1) is 0 Å². The number of halogens is 1. The Morgan fingerprint density at radius 3 is 2.61 bits per heavy atom. The Bertz CT molecular complexity index is 645. The van der Waals surface area contributed by atoms with Gasteiger partial charge in [0.05, 0.1) is 0 Å². The number of para-hydroxylation sites is 1. The van der Waals surface area contributed by atoms with Gasteiger partial charge in [0, 0.05) is 36.0 Å². The van der Waals surface area contributed by atoms with Crippen molar-refractivity contribution in [3.63, 3.8) is 0 Å². The molecule has 2 aromatic carbocycles. The van der Waals surface area contributed by atoms with E-state index in [1.807, 2.05) is 54.6 Å². The van der Waals surface area contributed by atoms with Gasteiger partial charge in [-0.2, -0.15) is 0 Å². The first-order chi connectivity index (χ1) is 11.2. The van der Waals surface area contributed by atoms with Gasteiger partial charge in [-0.1, -0.05) is 29.8 Å². The topological polar surface area (TPSA) is 44.4 Å². The van der Waals surface area contributed by atoms with Crippen molar-refractivity contribution < 1.29 is 4.79 Å². The van der Waals surface area contributed by atoms with Crippen LogP contribution in [0.3, 0.4) is 0 Å². The van der Waals surface area contributed by atoms with E-state index in [4.69, 9.17) is 11.6 Å². The van der Waals surface area contributed by atoms with Crippen LogP contribution in [0.4, 0.5) is 16.2 Å². The molecule has 0 aliphatic carbocycles. The summed E-state index contributed by atoms with van der Waals surface area (Å²) >= 11 is 5.93. The second-order valence-corrected chi connectivity index (χ2v) is 6.21. The van der Waals surface area contributed by atoms with Crippen LogP contribution in [-0.4, -0.2) is 25.7 Å². The number of amides is 2. The van der Waals surface area contributed by atoms with Crippen molar-refractivity contribution in [1.29, 1.82) is 0 Å². The highest BCUT2D eigenvalue weighted by Gasteiger charge is 2.23. The fourth-order valence-electron chi connectivity index (χ4n) is 2.82. The van der Waals surface area contributed by atoms with Gasteiger partial charge in [0.2, 0.25) is 0 Å². The summed E-state index contributed by atoms with van der Waals surface area (Å²) in [5.41, 5.74) is 1.99. The first kappa shape index (κ1) is 15.7. The quantitative estimate of drug-likeness (QED) is 0.890. The molecule has 0 aromatic heterocycles. The summed E-state index contributed by atoms with van der Waals surface area (Å²) in [6, 6.07) is 17.2. The average molecular weight is 330 g/mol. The Hall–Kier alpha value is -2.20. The molecule has 3 rings (SSSR count). The second-order valence-electron chi connectivity index (χ2n) is 5.78. The first-order valence-corrected chi connectivity index (χ1v) is 8.19. The third-order valence-corrected chi connectivity index (χ3v) is 4.31. The summed E-state index contributed by atoms with van der Waals surface area (Å²) in [7, 11) is 0. The van der Waals surface area contributed by atoms with Gasteiger partial charge in [-0.3, -0.25) is 0 Å². The molecule has 0 radical (unpaired) electrons. The molecule has 0 spiro atoms. The van der Waals surface area contributed by atoms with Crippen LogP contribution in [0.1, 0.15) is 6.42 Å². The summed E-state index contributed by atoms with van der Waals surface area (Å²) in [5.74, 6) is 0.465. The molecular formula is C18H20ClN3O. The highest BCUT2D eigenvalue weighted by molar-refractivity contribution is 6.30. The van der Waals surface area contributed by atoms with E-state index in [1.54, 1.807) is 0 Å². The normalized spacial score (nSPS) is 17.1. The maximum atomic E-state index is 11.9. The number of hydrogen-bond donors (Lipinski definition) is 2. The van der Waals surface area contributed by atoms with Gasteiger partial charge >= 0.3 is 6.03 Å². The average Bonchev–Trinajstić information content (AvgIpc) is 3.04. The van der Waals surface area contributed by atoms with Crippen molar-refractivity contribution in [2.45, 2.75) is 6.42 Å². The minimum Gasteiger partial charge on any atom is -0.371 e. The lowest BCUT2D eigenvalue weighted by Gasteiger charge is -2.19. The summed E-state index contributed by atoms with van der Waals surface area (Å²) < 4.78 is 0. The Labute approximate surface area is 141 Å². The SMILES string of the molecule is O=C(NCC1CCN(c2ccc(Cl)cc2)C1)Nc1ccccc1. The first-order valence-electron chi connectivity index (χ1n) is 7.81. The number of nitrogens with one attached hydrogen (secondary N) is 2. The van der Waals surface area contributed by atoms with E-state index < -0.39 is 0 Å². The van der Waals surface area contributed by atoms with Gasteiger partial charge in [-0.05, 0) is 48.7 Å². The molecule has 1 saturated heterocycles. The van der Waals surface area contributed by atoms with Crippen molar-refractivity contribution in [3.05, 3.63) is 59.6 Å². The monoisotopic (exact) mass is 329 g/mol. The van der Waals surface area contributed by atoms with Crippen molar-refractivity contribution in [2.75, 3.05) is 29.9 Å². The maximum absolute atomic E-state index is 11.9. The fourth-order valence-corrected chi connectivity index (χ4v) is 2.95. The minimum absolute atomic E-state index is 0.152. The molecule has 2 amide bonds. The number of hydrogen-bond acceptors (Lipinski definition) is 2. The van der Waals surface area contributed by atoms with Crippen LogP contribution >= 0.6 is 11.6 Å². The predicted molar refractivity (Wildman–Crippen MR) is 95.2 cm³/mol. The molecular weight excluding hydrogens is 310 g/mol. The third-order valence-electron chi connectivity index (χ3n) is 4.06. The van der Waals surface area contributed by atoms with Crippen LogP contribution in [-0.2, 0) is 0 Å². The van der Waals surface area contributed by atoms with E-state index in [2.05, 4.69) is 15.5 Å². The number of carbonyl (C=O) groups is 1. The van der Waals surface area contributed by atoms with Crippen LogP contribution < -0.4 is 15.5 Å². The lowest BCUT2D eigenvalue weighted by Crippen LogP contribution is -2.34. The number of benzene rings is 2. The van der Waals surface area contributed by atoms with Gasteiger partial charge in [-0.25, -0.2) is 4.79 Å². The predicted octanol–water partition coefficient (Wildman–Crippen LogP) is 3.99. The van der Waals surface area contributed by atoms with Crippen molar-refractivity contribution >= 4 is 29.0 Å². The molecule has 5 heteroatoms. The molecule has 1 fully saturated rings. The molecule has 1 unspecified atom stereocenters. The molecule has 1 aliphatic heterocycles. The molecule has 4 nitrogen and oxygen atoms in total. The van der Waals surface area contributed by atoms with Crippen LogP contribution in [0.25, 0.3) is 0 Å². The van der Waals surface area contributed by atoms with Crippen molar-refractivity contribution in [2.24, 2.45) is 5.92 Å². The van der Waals surface area contributed by atoms with E-state index in [1.165, 1.54) is 5.69 Å². The third kappa shape index (κ3) is 4.39. The Kier molecular flexibility index (Phi) is 5.03. The van der Waals surface area contributed by atoms with Crippen LogP contribution in [0, 0.1) is 5.92 Å². The van der Waals surface area contributed by atoms with Gasteiger partial charge in [0.15, 0.2) is 0 Å². The number of carbonyl (C=O) groups excluding carboxylic acids is 1. The minimum atomic E-state index is -0.152. The summed E-state index contributed by atoms with van der Waals surface area (Å²) in [4.78, 5) is 14.2. The Balaban J connectivity index is 1.45. The van der Waals surface area contributed by atoms with E-state index in [0.29, 0.717) is 12.5 Å². The zero-order valence-electron chi connectivity index (χ0n) is 12.8. The summed E-state index contributed by atoms with van der Waals surface area (Å²) in [6.45, 7) is 2.64. The molecule has 1 heterocycles. The molecule has 0 bridgehead atoms. The maximum Gasteiger partial charge on any atom is 0.319 e. The number of anilines is 2. The van der Waals surface area contributed by atoms with Crippen molar-refractivity contribution in [3.8, 4) is 0 Å². The molecule has 1 aliphatic rings. The number of rotatable bonds is 4. The van der Waals surface area contributed by atoms with Crippen LogP contribution in [0.5, 0.6) is 0 Å². The Morgan fingerprint density at radius 2 is 1.87 bits per heavy atom. The fraction of sp³-hybridized carbons (Fsp3) is 0.278. The number of urea groups is 1. The largest absolute Gasteiger partial charge is 0.371 e. The van der Waals surface area contributed by atoms with E-state index in [9.17, 15) is 4.79 Å². The second kappa shape index (κ2) is 7.38. The van der Waals surface area contributed by atoms with E-state index >= 15 is 0 Å². The standard InChI is InChI=1S/C18H20ClN3O/c19-15-6-8-17(9-7-15)22-11-10-14(13-22)12-20-18(23)21-16-4-2-1-3-5-16/h1-9,14H,10-13H2,(H2,20,21,23). The van der Waals surface area contributed by atoms with E-state index in [0.717, 1.165) is 30.2 Å². The molecule has 23 heavy (non-hydrogen) atoms. The zero-order chi connectivity index (χ0) is 16.1. The molecule has 2 aromatic rings.